The fraction of sp³-hybridized carbons (Fsp3) is 0.300. The molecule has 4 nitrogen and oxygen atoms in total. The normalized spacial score (nSPS) is 15.5. The molecule has 0 spiro atoms. The minimum absolute atomic E-state index is 0.148. The van der Waals surface area contributed by atoms with Crippen molar-refractivity contribution in [3.8, 4) is 10.4 Å². The average Bonchev–Trinajstić information content (AvgIpc) is 3.31. The Labute approximate surface area is 151 Å². The van der Waals surface area contributed by atoms with Gasteiger partial charge < -0.3 is 4.90 Å². The van der Waals surface area contributed by atoms with Crippen LogP contribution in [0.15, 0.2) is 48.0 Å². The van der Waals surface area contributed by atoms with Gasteiger partial charge in [-0.1, -0.05) is 30.3 Å². The fourth-order valence-corrected chi connectivity index (χ4v) is 4.47. The summed E-state index contributed by atoms with van der Waals surface area (Å²) in [6, 6.07) is 12.6. The standard InChI is InChI=1S/C20H21N3OS/c1-14-18(12-21-22-14)19-11-17(13-25-19)20(24)23-9-7-16(8-10-23)15-5-3-2-4-6-15/h2-6,11-13,16H,7-10H2,1H3,(H,21,22). The first kappa shape index (κ1) is 16.1. The van der Waals surface area contributed by atoms with Crippen LogP contribution in [0.25, 0.3) is 10.4 Å². The van der Waals surface area contributed by atoms with Gasteiger partial charge in [-0.05, 0) is 37.3 Å². The number of piperidine rings is 1. The number of H-pyrrole nitrogens is 1. The zero-order chi connectivity index (χ0) is 17.2. The van der Waals surface area contributed by atoms with Crippen molar-refractivity contribution in [2.75, 3.05) is 13.1 Å². The highest BCUT2D eigenvalue weighted by Gasteiger charge is 2.25. The Morgan fingerprint density at radius 2 is 2.00 bits per heavy atom. The van der Waals surface area contributed by atoms with E-state index in [2.05, 4.69) is 40.5 Å². The van der Waals surface area contributed by atoms with Crippen molar-refractivity contribution in [2.24, 2.45) is 0 Å². The van der Waals surface area contributed by atoms with Gasteiger partial charge >= 0.3 is 0 Å². The van der Waals surface area contributed by atoms with E-state index >= 15 is 0 Å². The van der Waals surface area contributed by atoms with Gasteiger partial charge in [-0.2, -0.15) is 5.10 Å². The Balaban J connectivity index is 1.43. The van der Waals surface area contributed by atoms with Crippen LogP contribution in [0.5, 0.6) is 0 Å². The van der Waals surface area contributed by atoms with Gasteiger partial charge in [0.05, 0.1) is 11.3 Å². The van der Waals surface area contributed by atoms with Crippen LogP contribution in [0.3, 0.4) is 0 Å². The SMILES string of the molecule is Cc1n[nH]cc1-c1cc(C(=O)N2CCC(c3ccccc3)CC2)cs1. The van der Waals surface area contributed by atoms with Crippen molar-refractivity contribution in [2.45, 2.75) is 25.7 Å². The minimum Gasteiger partial charge on any atom is -0.339 e. The van der Waals surface area contributed by atoms with E-state index in [0.717, 1.165) is 47.6 Å². The molecule has 0 radical (unpaired) electrons. The highest BCUT2D eigenvalue weighted by Crippen LogP contribution is 2.31. The van der Waals surface area contributed by atoms with E-state index in [1.807, 2.05) is 29.5 Å². The number of carbonyl (C=O) groups excluding carboxylic acids is 1. The van der Waals surface area contributed by atoms with Gasteiger partial charge in [0.1, 0.15) is 0 Å². The van der Waals surface area contributed by atoms with Crippen LogP contribution in [-0.2, 0) is 0 Å². The van der Waals surface area contributed by atoms with Gasteiger partial charge in [-0.15, -0.1) is 11.3 Å². The Kier molecular flexibility index (Phi) is 4.40. The monoisotopic (exact) mass is 351 g/mol. The van der Waals surface area contributed by atoms with Crippen LogP contribution in [0.2, 0.25) is 0 Å². The molecule has 3 aromatic rings. The molecule has 25 heavy (non-hydrogen) atoms. The second kappa shape index (κ2) is 6.84. The number of nitrogens with zero attached hydrogens (tertiary/aromatic N) is 2. The molecule has 1 N–H and O–H groups in total. The molecule has 0 saturated carbocycles. The molecule has 1 fully saturated rings. The van der Waals surface area contributed by atoms with E-state index in [9.17, 15) is 4.79 Å². The van der Waals surface area contributed by atoms with Crippen LogP contribution < -0.4 is 0 Å². The molecular weight excluding hydrogens is 330 g/mol. The van der Waals surface area contributed by atoms with Gasteiger partial charge in [0.25, 0.3) is 5.91 Å². The van der Waals surface area contributed by atoms with E-state index in [1.165, 1.54) is 5.56 Å². The lowest BCUT2D eigenvalue weighted by Gasteiger charge is -2.32. The van der Waals surface area contributed by atoms with Crippen molar-refractivity contribution in [3.05, 3.63) is 64.8 Å². The summed E-state index contributed by atoms with van der Waals surface area (Å²) < 4.78 is 0. The number of likely N-dealkylation sites (tertiary alicyclic amines) is 1. The molecule has 0 atom stereocenters. The molecule has 5 heteroatoms. The molecule has 1 amide bonds. The number of benzene rings is 1. The largest absolute Gasteiger partial charge is 0.339 e. The topological polar surface area (TPSA) is 49.0 Å². The van der Waals surface area contributed by atoms with Crippen LogP contribution >= 0.6 is 11.3 Å². The van der Waals surface area contributed by atoms with Gasteiger partial charge in [-0.3, -0.25) is 9.89 Å². The lowest BCUT2D eigenvalue weighted by molar-refractivity contribution is 0.0713. The summed E-state index contributed by atoms with van der Waals surface area (Å²) in [6.07, 6.45) is 3.96. The van der Waals surface area contributed by atoms with Crippen LogP contribution in [-0.4, -0.2) is 34.1 Å². The van der Waals surface area contributed by atoms with Gasteiger partial charge in [0, 0.05) is 35.1 Å². The summed E-state index contributed by atoms with van der Waals surface area (Å²) in [5.41, 5.74) is 4.22. The number of rotatable bonds is 3. The molecule has 1 aromatic carbocycles. The number of aryl methyl sites for hydroxylation is 1. The summed E-state index contributed by atoms with van der Waals surface area (Å²) in [7, 11) is 0. The summed E-state index contributed by atoms with van der Waals surface area (Å²) in [6.45, 7) is 3.63. The second-order valence-corrected chi connectivity index (χ2v) is 7.47. The third-order valence-corrected chi connectivity index (χ3v) is 5.96. The molecule has 3 heterocycles. The number of aromatic amines is 1. The van der Waals surface area contributed by atoms with Crippen molar-refractivity contribution in [1.82, 2.24) is 15.1 Å². The summed E-state index contributed by atoms with van der Waals surface area (Å²) in [5, 5.41) is 9.01. The third-order valence-electron chi connectivity index (χ3n) is 5.00. The first-order chi connectivity index (χ1) is 12.2. The summed E-state index contributed by atoms with van der Waals surface area (Å²) in [4.78, 5) is 15.9. The Morgan fingerprint density at radius 1 is 1.24 bits per heavy atom. The summed E-state index contributed by atoms with van der Waals surface area (Å²) in [5.74, 6) is 0.715. The quantitative estimate of drug-likeness (QED) is 0.757. The maximum atomic E-state index is 12.8. The highest BCUT2D eigenvalue weighted by molar-refractivity contribution is 7.13. The predicted octanol–water partition coefficient (Wildman–Crippen LogP) is 4.47. The van der Waals surface area contributed by atoms with Gasteiger partial charge in [-0.25, -0.2) is 0 Å². The van der Waals surface area contributed by atoms with Crippen molar-refractivity contribution >= 4 is 17.2 Å². The first-order valence-corrected chi connectivity index (χ1v) is 9.54. The lowest BCUT2D eigenvalue weighted by Crippen LogP contribution is -2.37. The predicted molar refractivity (Wildman–Crippen MR) is 101 cm³/mol. The molecule has 128 valence electrons. The number of amides is 1. The number of nitrogens with one attached hydrogen (secondary N) is 1. The molecule has 1 saturated heterocycles. The van der Waals surface area contributed by atoms with Crippen LogP contribution in [0, 0.1) is 6.92 Å². The Hall–Kier alpha value is -2.40. The van der Waals surface area contributed by atoms with E-state index in [4.69, 9.17) is 0 Å². The van der Waals surface area contributed by atoms with Crippen molar-refractivity contribution < 1.29 is 4.79 Å². The summed E-state index contributed by atoms with van der Waals surface area (Å²) >= 11 is 1.60. The molecular formula is C20H21N3OS. The maximum absolute atomic E-state index is 12.8. The van der Waals surface area contributed by atoms with Crippen molar-refractivity contribution in [3.63, 3.8) is 0 Å². The van der Waals surface area contributed by atoms with Gasteiger partial charge in [0.15, 0.2) is 0 Å². The molecule has 2 aromatic heterocycles. The smallest absolute Gasteiger partial charge is 0.254 e. The number of thiophene rings is 1. The van der Waals surface area contributed by atoms with E-state index in [1.54, 1.807) is 11.3 Å². The van der Waals surface area contributed by atoms with Crippen molar-refractivity contribution in [1.29, 1.82) is 0 Å². The number of hydrogen-bond donors (Lipinski definition) is 1. The maximum Gasteiger partial charge on any atom is 0.254 e. The molecule has 1 aliphatic heterocycles. The Bertz CT molecular complexity index is 860. The Morgan fingerprint density at radius 3 is 2.68 bits per heavy atom. The van der Waals surface area contributed by atoms with Gasteiger partial charge in [0.2, 0.25) is 0 Å². The number of hydrogen-bond acceptors (Lipinski definition) is 3. The molecule has 4 rings (SSSR count). The number of carbonyl (C=O) groups is 1. The van der Waals surface area contributed by atoms with Crippen LogP contribution in [0.1, 0.15) is 40.4 Å². The average molecular weight is 351 g/mol. The minimum atomic E-state index is 0.148. The lowest BCUT2D eigenvalue weighted by atomic mass is 9.89. The van der Waals surface area contributed by atoms with E-state index in [0.29, 0.717) is 5.92 Å². The fourth-order valence-electron chi connectivity index (χ4n) is 3.52. The zero-order valence-corrected chi connectivity index (χ0v) is 15.1. The van der Waals surface area contributed by atoms with Crippen LogP contribution in [0.4, 0.5) is 0 Å². The molecule has 0 unspecified atom stereocenters. The first-order valence-electron chi connectivity index (χ1n) is 8.66. The highest BCUT2D eigenvalue weighted by atomic mass is 32.1. The molecule has 1 aliphatic rings. The molecule has 0 bridgehead atoms. The zero-order valence-electron chi connectivity index (χ0n) is 14.2. The van der Waals surface area contributed by atoms with E-state index in [-0.39, 0.29) is 5.91 Å². The number of aromatic nitrogens is 2. The second-order valence-electron chi connectivity index (χ2n) is 6.56. The molecule has 0 aliphatic carbocycles. The van der Waals surface area contributed by atoms with E-state index < -0.39 is 0 Å². The third kappa shape index (κ3) is 3.24.